The van der Waals surface area contributed by atoms with Crippen LogP contribution in [-0.4, -0.2) is 30.3 Å². The molecule has 6 heteroatoms. The lowest BCUT2D eigenvalue weighted by atomic mass is 10.1. The SMILES string of the molecule is COc1ccc(OC)c(CNC(=O)c2cn[nH]c2-c2cccc(C)c2)c1. The van der Waals surface area contributed by atoms with Crippen LogP contribution < -0.4 is 14.8 Å². The summed E-state index contributed by atoms with van der Waals surface area (Å²) in [6, 6.07) is 13.4. The molecule has 0 radical (unpaired) electrons. The number of hydrogen-bond acceptors (Lipinski definition) is 4. The number of hydrogen-bond donors (Lipinski definition) is 2. The smallest absolute Gasteiger partial charge is 0.255 e. The minimum Gasteiger partial charge on any atom is -0.497 e. The van der Waals surface area contributed by atoms with Gasteiger partial charge in [-0.15, -0.1) is 0 Å². The maximum atomic E-state index is 12.7. The highest BCUT2D eigenvalue weighted by Gasteiger charge is 2.16. The van der Waals surface area contributed by atoms with Gasteiger partial charge in [-0.25, -0.2) is 0 Å². The number of carbonyl (C=O) groups is 1. The van der Waals surface area contributed by atoms with Crippen molar-refractivity contribution in [1.29, 1.82) is 0 Å². The van der Waals surface area contributed by atoms with Gasteiger partial charge in [0, 0.05) is 17.7 Å². The molecule has 0 spiro atoms. The first kappa shape index (κ1) is 17.5. The lowest BCUT2D eigenvalue weighted by molar-refractivity contribution is 0.0951. The van der Waals surface area contributed by atoms with E-state index in [1.165, 1.54) is 6.20 Å². The van der Waals surface area contributed by atoms with Crippen LogP contribution >= 0.6 is 0 Å². The van der Waals surface area contributed by atoms with Crippen LogP contribution in [-0.2, 0) is 6.54 Å². The molecule has 134 valence electrons. The quantitative estimate of drug-likeness (QED) is 0.714. The summed E-state index contributed by atoms with van der Waals surface area (Å²) in [6.45, 7) is 2.33. The van der Waals surface area contributed by atoms with Gasteiger partial charge in [0.15, 0.2) is 0 Å². The van der Waals surface area contributed by atoms with Crippen molar-refractivity contribution in [2.24, 2.45) is 0 Å². The molecule has 0 aliphatic carbocycles. The summed E-state index contributed by atoms with van der Waals surface area (Å²) in [5, 5.41) is 9.87. The Labute approximate surface area is 152 Å². The van der Waals surface area contributed by atoms with E-state index in [0.717, 1.165) is 16.7 Å². The predicted octanol–water partition coefficient (Wildman–Crippen LogP) is 3.33. The van der Waals surface area contributed by atoms with Gasteiger partial charge < -0.3 is 14.8 Å². The molecule has 0 fully saturated rings. The first-order valence-electron chi connectivity index (χ1n) is 8.22. The third-order valence-electron chi connectivity index (χ3n) is 4.12. The Hall–Kier alpha value is -3.28. The molecule has 0 saturated carbocycles. The number of aryl methyl sites for hydroxylation is 1. The fourth-order valence-corrected chi connectivity index (χ4v) is 2.77. The van der Waals surface area contributed by atoms with E-state index in [1.54, 1.807) is 14.2 Å². The van der Waals surface area contributed by atoms with Crippen molar-refractivity contribution in [2.45, 2.75) is 13.5 Å². The highest BCUT2D eigenvalue weighted by Crippen LogP contribution is 2.25. The molecule has 3 aromatic rings. The number of carbonyl (C=O) groups excluding carboxylic acids is 1. The Morgan fingerprint density at radius 2 is 2.00 bits per heavy atom. The average molecular weight is 351 g/mol. The number of H-pyrrole nitrogens is 1. The highest BCUT2D eigenvalue weighted by atomic mass is 16.5. The van der Waals surface area contributed by atoms with E-state index in [0.29, 0.717) is 29.3 Å². The number of aromatic nitrogens is 2. The van der Waals surface area contributed by atoms with Gasteiger partial charge in [0.05, 0.1) is 31.7 Å². The minimum atomic E-state index is -0.208. The molecular weight excluding hydrogens is 330 g/mol. The van der Waals surface area contributed by atoms with Crippen LogP contribution in [0.3, 0.4) is 0 Å². The summed E-state index contributed by atoms with van der Waals surface area (Å²) in [7, 11) is 3.20. The molecule has 0 aliphatic rings. The van der Waals surface area contributed by atoms with Crippen molar-refractivity contribution < 1.29 is 14.3 Å². The van der Waals surface area contributed by atoms with Crippen molar-refractivity contribution in [3.63, 3.8) is 0 Å². The van der Waals surface area contributed by atoms with Gasteiger partial charge in [0.1, 0.15) is 11.5 Å². The van der Waals surface area contributed by atoms with Crippen molar-refractivity contribution in [3.05, 3.63) is 65.4 Å². The largest absolute Gasteiger partial charge is 0.497 e. The van der Waals surface area contributed by atoms with Gasteiger partial charge in [-0.3, -0.25) is 9.89 Å². The highest BCUT2D eigenvalue weighted by molar-refractivity contribution is 5.99. The molecule has 0 unspecified atom stereocenters. The van der Waals surface area contributed by atoms with Crippen LogP contribution in [0.4, 0.5) is 0 Å². The van der Waals surface area contributed by atoms with Crippen LogP contribution in [0.15, 0.2) is 48.7 Å². The number of ether oxygens (including phenoxy) is 2. The second-order valence-corrected chi connectivity index (χ2v) is 5.89. The van der Waals surface area contributed by atoms with Gasteiger partial charge in [0.2, 0.25) is 0 Å². The molecule has 1 aromatic heterocycles. The summed E-state index contributed by atoms with van der Waals surface area (Å²) in [6.07, 6.45) is 1.54. The summed E-state index contributed by atoms with van der Waals surface area (Å²) in [4.78, 5) is 12.7. The molecule has 0 bridgehead atoms. The summed E-state index contributed by atoms with van der Waals surface area (Å²) in [5.74, 6) is 1.19. The van der Waals surface area contributed by atoms with Crippen LogP contribution in [0.1, 0.15) is 21.5 Å². The second-order valence-electron chi connectivity index (χ2n) is 5.89. The Morgan fingerprint density at radius 3 is 2.73 bits per heavy atom. The Morgan fingerprint density at radius 1 is 1.15 bits per heavy atom. The van der Waals surface area contributed by atoms with E-state index in [4.69, 9.17) is 9.47 Å². The molecule has 0 aliphatic heterocycles. The summed E-state index contributed by atoms with van der Waals surface area (Å²) >= 11 is 0. The number of aromatic amines is 1. The number of nitrogens with zero attached hydrogens (tertiary/aromatic N) is 1. The third kappa shape index (κ3) is 3.69. The van der Waals surface area contributed by atoms with Crippen LogP contribution in [0.25, 0.3) is 11.3 Å². The molecule has 2 aromatic carbocycles. The fraction of sp³-hybridized carbons (Fsp3) is 0.200. The van der Waals surface area contributed by atoms with E-state index in [9.17, 15) is 4.79 Å². The van der Waals surface area contributed by atoms with Crippen LogP contribution in [0, 0.1) is 6.92 Å². The lowest BCUT2D eigenvalue weighted by Crippen LogP contribution is -2.23. The molecule has 0 saturated heterocycles. The zero-order chi connectivity index (χ0) is 18.5. The first-order chi connectivity index (χ1) is 12.6. The third-order valence-corrected chi connectivity index (χ3v) is 4.12. The van der Waals surface area contributed by atoms with Gasteiger partial charge >= 0.3 is 0 Å². The lowest BCUT2D eigenvalue weighted by Gasteiger charge is -2.11. The van der Waals surface area contributed by atoms with E-state index in [-0.39, 0.29) is 5.91 Å². The van der Waals surface area contributed by atoms with Crippen molar-refractivity contribution >= 4 is 5.91 Å². The second kappa shape index (κ2) is 7.74. The van der Waals surface area contributed by atoms with E-state index in [2.05, 4.69) is 15.5 Å². The predicted molar refractivity (Wildman–Crippen MR) is 99.5 cm³/mol. The van der Waals surface area contributed by atoms with Crippen molar-refractivity contribution in [1.82, 2.24) is 15.5 Å². The zero-order valence-electron chi connectivity index (χ0n) is 15.0. The molecule has 1 amide bonds. The van der Waals surface area contributed by atoms with Gasteiger partial charge in [0.25, 0.3) is 5.91 Å². The first-order valence-corrected chi connectivity index (χ1v) is 8.22. The Kier molecular flexibility index (Phi) is 5.22. The van der Waals surface area contributed by atoms with Gasteiger partial charge in [-0.05, 0) is 31.2 Å². The monoisotopic (exact) mass is 351 g/mol. The molecule has 0 atom stereocenters. The molecule has 1 heterocycles. The molecule has 26 heavy (non-hydrogen) atoms. The number of methoxy groups -OCH3 is 2. The maximum absolute atomic E-state index is 12.7. The molecular formula is C20H21N3O3. The van der Waals surface area contributed by atoms with E-state index < -0.39 is 0 Å². The topological polar surface area (TPSA) is 76.2 Å². The van der Waals surface area contributed by atoms with Gasteiger partial charge in [-0.1, -0.05) is 23.8 Å². The average Bonchev–Trinajstić information content (AvgIpc) is 3.15. The minimum absolute atomic E-state index is 0.208. The maximum Gasteiger partial charge on any atom is 0.255 e. The number of nitrogens with one attached hydrogen (secondary N) is 2. The van der Waals surface area contributed by atoms with Crippen molar-refractivity contribution in [2.75, 3.05) is 14.2 Å². The van der Waals surface area contributed by atoms with Crippen molar-refractivity contribution in [3.8, 4) is 22.8 Å². The summed E-state index contributed by atoms with van der Waals surface area (Å²) < 4.78 is 10.6. The zero-order valence-corrected chi connectivity index (χ0v) is 15.0. The van der Waals surface area contributed by atoms with Crippen LogP contribution in [0.5, 0.6) is 11.5 Å². The Balaban J connectivity index is 1.79. The fourth-order valence-electron chi connectivity index (χ4n) is 2.77. The molecule has 6 nitrogen and oxygen atoms in total. The van der Waals surface area contributed by atoms with E-state index in [1.807, 2.05) is 49.4 Å². The van der Waals surface area contributed by atoms with E-state index >= 15 is 0 Å². The molecule has 2 N–H and O–H groups in total. The molecule has 3 rings (SSSR count). The van der Waals surface area contributed by atoms with Gasteiger partial charge in [-0.2, -0.15) is 5.10 Å². The summed E-state index contributed by atoms with van der Waals surface area (Å²) in [5.41, 5.74) is 4.07. The Bertz CT molecular complexity index is 918. The standard InChI is InChI=1S/C20H21N3O3/c1-13-5-4-6-14(9-13)19-17(12-22-23-19)20(24)21-11-15-10-16(25-2)7-8-18(15)26-3/h4-10,12H,11H2,1-3H3,(H,21,24)(H,22,23). The van der Waals surface area contributed by atoms with Crippen LogP contribution in [0.2, 0.25) is 0 Å². The normalized spacial score (nSPS) is 10.4. The number of rotatable bonds is 6. The number of benzene rings is 2. The number of amides is 1.